The number of hydrogen-bond donors (Lipinski definition) is 1. The Morgan fingerprint density at radius 1 is 1.50 bits per heavy atom. The van der Waals surface area contributed by atoms with Crippen molar-refractivity contribution in [3.8, 4) is 0 Å². The Morgan fingerprint density at radius 3 is 3.00 bits per heavy atom. The highest BCUT2D eigenvalue weighted by Gasteiger charge is 1.92. The van der Waals surface area contributed by atoms with Gasteiger partial charge in [-0.25, -0.2) is 0 Å². The predicted octanol–water partition coefficient (Wildman–Crippen LogP) is 2.15. The molecule has 12 heavy (non-hydrogen) atoms. The van der Waals surface area contributed by atoms with Gasteiger partial charge in [0.05, 0.1) is 0 Å². The zero-order valence-corrected chi connectivity index (χ0v) is 7.21. The van der Waals surface area contributed by atoms with Crippen molar-refractivity contribution in [1.82, 2.24) is 5.43 Å². The van der Waals surface area contributed by atoms with Gasteiger partial charge in [0.1, 0.15) is 0 Å². The van der Waals surface area contributed by atoms with Crippen molar-refractivity contribution in [2.24, 2.45) is 5.29 Å². The average molecular weight is 185 g/mol. The van der Waals surface area contributed by atoms with Crippen LogP contribution in [0.5, 0.6) is 0 Å². The standard InChI is InChI=1S/C8H9ClN2O/c9-8-3-1-2-7(6-8)4-5-10-11-12/h1-3,6H,4-5H2,(H,10,12). The smallest absolute Gasteiger partial charge is 0.0496 e. The number of nitrogens with one attached hydrogen (secondary N) is 1. The lowest BCUT2D eigenvalue weighted by Crippen LogP contribution is -2.08. The summed E-state index contributed by atoms with van der Waals surface area (Å²) in [7, 11) is 0. The minimum atomic E-state index is 0.545. The lowest BCUT2D eigenvalue weighted by molar-refractivity contribution is 0.724. The van der Waals surface area contributed by atoms with Crippen molar-refractivity contribution < 1.29 is 0 Å². The lowest BCUT2D eigenvalue weighted by atomic mass is 10.1. The monoisotopic (exact) mass is 184 g/mol. The summed E-state index contributed by atoms with van der Waals surface area (Å²) in [4.78, 5) is 9.67. The molecule has 0 amide bonds. The van der Waals surface area contributed by atoms with Crippen LogP contribution in [0.2, 0.25) is 5.02 Å². The molecule has 0 aliphatic carbocycles. The molecular formula is C8H9ClN2O. The Hall–Kier alpha value is -1.09. The SMILES string of the molecule is O=NNCCc1cccc(Cl)c1. The van der Waals surface area contributed by atoms with Crippen molar-refractivity contribution in [3.63, 3.8) is 0 Å². The van der Waals surface area contributed by atoms with Crippen LogP contribution in [0.3, 0.4) is 0 Å². The summed E-state index contributed by atoms with van der Waals surface area (Å²) in [6.45, 7) is 0.545. The number of rotatable bonds is 4. The molecule has 0 fully saturated rings. The molecule has 0 atom stereocenters. The van der Waals surface area contributed by atoms with Gasteiger partial charge in [0, 0.05) is 16.9 Å². The zero-order chi connectivity index (χ0) is 8.81. The van der Waals surface area contributed by atoms with E-state index in [0.29, 0.717) is 11.6 Å². The molecule has 0 spiro atoms. The van der Waals surface area contributed by atoms with Crippen LogP contribution in [0.25, 0.3) is 0 Å². The molecule has 0 unspecified atom stereocenters. The van der Waals surface area contributed by atoms with Crippen LogP contribution in [-0.2, 0) is 6.42 Å². The number of benzene rings is 1. The van der Waals surface area contributed by atoms with Crippen LogP contribution < -0.4 is 5.43 Å². The van der Waals surface area contributed by atoms with Gasteiger partial charge in [0.15, 0.2) is 0 Å². The minimum absolute atomic E-state index is 0.545. The van der Waals surface area contributed by atoms with Crippen molar-refractivity contribution in [2.45, 2.75) is 6.42 Å². The van der Waals surface area contributed by atoms with E-state index in [2.05, 4.69) is 10.7 Å². The molecule has 0 aromatic heterocycles. The maximum absolute atomic E-state index is 9.67. The molecule has 3 nitrogen and oxygen atoms in total. The topological polar surface area (TPSA) is 41.5 Å². The summed E-state index contributed by atoms with van der Waals surface area (Å²) in [5.41, 5.74) is 3.44. The molecule has 0 heterocycles. The number of hydrogen-bond acceptors (Lipinski definition) is 2. The van der Waals surface area contributed by atoms with Crippen molar-refractivity contribution in [2.75, 3.05) is 6.54 Å². The maximum atomic E-state index is 9.67. The van der Waals surface area contributed by atoms with Crippen LogP contribution in [0, 0.1) is 4.91 Å². The Labute approximate surface area is 75.7 Å². The van der Waals surface area contributed by atoms with Gasteiger partial charge in [-0.1, -0.05) is 23.7 Å². The summed E-state index contributed by atoms with van der Waals surface area (Å²) in [5.74, 6) is 0. The first kappa shape index (κ1) is 9.00. The van der Waals surface area contributed by atoms with Crippen LogP contribution in [0.1, 0.15) is 5.56 Å². The Morgan fingerprint density at radius 2 is 2.33 bits per heavy atom. The molecule has 1 aromatic rings. The third kappa shape index (κ3) is 2.88. The van der Waals surface area contributed by atoms with Crippen LogP contribution in [0.15, 0.2) is 29.6 Å². The first-order chi connectivity index (χ1) is 5.83. The average Bonchev–Trinajstić information content (AvgIpc) is 2.05. The van der Waals surface area contributed by atoms with Gasteiger partial charge in [-0.15, -0.1) is 4.91 Å². The van der Waals surface area contributed by atoms with Gasteiger partial charge in [-0.3, -0.25) is 5.43 Å². The molecule has 1 N–H and O–H groups in total. The van der Waals surface area contributed by atoms with E-state index in [-0.39, 0.29) is 0 Å². The summed E-state index contributed by atoms with van der Waals surface area (Å²) in [5, 5.41) is 3.25. The Balaban J connectivity index is 2.46. The van der Waals surface area contributed by atoms with Crippen molar-refractivity contribution in [3.05, 3.63) is 39.8 Å². The fourth-order valence-corrected chi connectivity index (χ4v) is 1.15. The van der Waals surface area contributed by atoms with Crippen LogP contribution >= 0.6 is 11.6 Å². The number of halogens is 1. The van der Waals surface area contributed by atoms with E-state index in [1.165, 1.54) is 0 Å². The molecule has 64 valence electrons. The van der Waals surface area contributed by atoms with E-state index in [4.69, 9.17) is 11.6 Å². The van der Waals surface area contributed by atoms with E-state index in [1.54, 1.807) is 0 Å². The molecule has 0 aliphatic heterocycles. The summed E-state index contributed by atoms with van der Waals surface area (Å²) >= 11 is 5.75. The van der Waals surface area contributed by atoms with E-state index in [9.17, 15) is 4.91 Å². The fraction of sp³-hybridized carbons (Fsp3) is 0.250. The molecule has 0 saturated heterocycles. The molecule has 1 rings (SSSR count). The predicted molar refractivity (Wildman–Crippen MR) is 49.0 cm³/mol. The highest BCUT2D eigenvalue weighted by Crippen LogP contribution is 2.10. The maximum Gasteiger partial charge on any atom is 0.0496 e. The molecule has 0 aliphatic rings. The highest BCUT2D eigenvalue weighted by molar-refractivity contribution is 6.30. The molecule has 4 heteroatoms. The fourth-order valence-electron chi connectivity index (χ4n) is 0.938. The van der Waals surface area contributed by atoms with E-state index < -0.39 is 0 Å². The lowest BCUT2D eigenvalue weighted by Gasteiger charge is -1.99. The van der Waals surface area contributed by atoms with Crippen molar-refractivity contribution >= 4 is 11.6 Å². The normalized spacial score (nSPS) is 9.42. The second kappa shape index (κ2) is 4.72. The van der Waals surface area contributed by atoms with E-state index in [1.807, 2.05) is 24.3 Å². The van der Waals surface area contributed by atoms with Crippen LogP contribution in [-0.4, -0.2) is 6.54 Å². The molecular weight excluding hydrogens is 176 g/mol. The second-order valence-electron chi connectivity index (χ2n) is 2.38. The van der Waals surface area contributed by atoms with E-state index >= 15 is 0 Å². The quantitative estimate of drug-likeness (QED) is 0.443. The summed E-state index contributed by atoms with van der Waals surface area (Å²) < 4.78 is 0. The van der Waals surface area contributed by atoms with Gasteiger partial charge in [0.2, 0.25) is 0 Å². The molecule has 0 radical (unpaired) electrons. The Kier molecular flexibility index (Phi) is 3.54. The number of nitroso groups, excluding NO2 is 1. The second-order valence-corrected chi connectivity index (χ2v) is 2.82. The Bertz CT molecular complexity index is 265. The zero-order valence-electron chi connectivity index (χ0n) is 6.46. The van der Waals surface area contributed by atoms with Crippen molar-refractivity contribution in [1.29, 1.82) is 0 Å². The summed E-state index contributed by atoms with van der Waals surface area (Å²) in [6.07, 6.45) is 0.756. The first-order valence-corrected chi connectivity index (χ1v) is 4.00. The van der Waals surface area contributed by atoms with E-state index in [0.717, 1.165) is 12.0 Å². The molecule has 0 saturated carbocycles. The first-order valence-electron chi connectivity index (χ1n) is 3.62. The van der Waals surface area contributed by atoms with Gasteiger partial charge >= 0.3 is 0 Å². The molecule has 0 bridgehead atoms. The molecule has 1 aromatic carbocycles. The third-order valence-electron chi connectivity index (χ3n) is 1.48. The van der Waals surface area contributed by atoms with Gasteiger partial charge in [0.25, 0.3) is 0 Å². The number of nitrogens with zero attached hydrogens (tertiary/aromatic N) is 1. The van der Waals surface area contributed by atoms with Gasteiger partial charge in [-0.2, -0.15) is 0 Å². The van der Waals surface area contributed by atoms with Crippen LogP contribution in [0.4, 0.5) is 0 Å². The highest BCUT2D eigenvalue weighted by atomic mass is 35.5. The van der Waals surface area contributed by atoms with Gasteiger partial charge < -0.3 is 0 Å². The van der Waals surface area contributed by atoms with Gasteiger partial charge in [-0.05, 0) is 24.1 Å². The minimum Gasteiger partial charge on any atom is -0.273 e. The largest absolute Gasteiger partial charge is 0.273 e. The third-order valence-corrected chi connectivity index (χ3v) is 1.71. The summed E-state index contributed by atoms with van der Waals surface area (Å²) in [6, 6.07) is 7.52.